The van der Waals surface area contributed by atoms with E-state index < -0.39 is 0 Å². The number of anilines is 1. The molecule has 0 amide bonds. The fourth-order valence-electron chi connectivity index (χ4n) is 9.33. The molecule has 3 heteroatoms. The summed E-state index contributed by atoms with van der Waals surface area (Å²) in [5.74, 6) is 8.77. The van der Waals surface area contributed by atoms with E-state index in [-0.39, 0.29) is 11.3 Å². The highest BCUT2D eigenvalue weighted by molar-refractivity contribution is 5.93. The molecule has 6 atom stereocenters. The number of ketones is 2. The molecule has 1 aliphatic heterocycles. The highest BCUT2D eigenvalue weighted by Crippen LogP contribution is 2.66. The summed E-state index contributed by atoms with van der Waals surface area (Å²) < 4.78 is 0. The SMILES string of the molecule is CC#CCCC(=O)[C@H]1CC[C@H]2[C@@H]3CC(C)C4=CC(=O)CCC4=C3[C@@H](c3ccc(N4CCCCC4)cc3)C[C@]12C. The van der Waals surface area contributed by atoms with E-state index in [0.717, 1.165) is 45.2 Å². The lowest BCUT2D eigenvalue weighted by atomic mass is 9.50. The summed E-state index contributed by atoms with van der Waals surface area (Å²) in [5, 5.41) is 0. The van der Waals surface area contributed by atoms with Crippen molar-refractivity contribution in [1.29, 1.82) is 0 Å². The van der Waals surface area contributed by atoms with Crippen molar-refractivity contribution in [3.63, 3.8) is 0 Å². The average molecular weight is 524 g/mol. The minimum absolute atomic E-state index is 0.0209. The number of benzene rings is 1. The van der Waals surface area contributed by atoms with Crippen LogP contribution < -0.4 is 4.90 Å². The van der Waals surface area contributed by atoms with Crippen molar-refractivity contribution in [2.24, 2.45) is 29.1 Å². The number of hydrogen-bond acceptors (Lipinski definition) is 3. The van der Waals surface area contributed by atoms with Gasteiger partial charge in [-0.05, 0) is 116 Å². The van der Waals surface area contributed by atoms with Gasteiger partial charge in [-0.25, -0.2) is 0 Å². The molecule has 1 unspecified atom stereocenters. The van der Waals surface area contributed by atoms with Gasteiger partial charge in [0.15, 0.2) is 5.78 Å². The molecular formula is C36H45NO2. The van der Waals surface area contributed by atoms with Crippen LogP contribution in [0.3, 0.4) is 0 Å². The highest BCUT2D eigenvalue weighted by atomic mass is 16.1. The first-order valence-corrected chi connectivity index (χ1v) is 15.7. The minimum atomic E-state index is 0.0209. The van der Waals surface area contributed by atoms with Gasteiger partial charge in [0.05, 0.1) is 0 Å². The summed E-state index contributed by atoms with van der Waals surface area (Å²) in [5.41, 5.74) is 7.22. The first kappa shape index (κ1) is 26.6. The lowest BCUT2D eigenvalue weighted by molar-refractivity contribution is -0.127. The van der Waals surface area contributed by atoms with Crippen molar-refractivity contribution in [3.8, 4) is 11.8 Å². The molecule has 1 saturated heterocycles. The Labute approximate surface area is 235 Å². The van der Waals surface area contributed by atoms with Crippen LogP contribution in [0.25, 0.3) is 0 Å². The van der Waals surface area contributed by atoms with Crippen molar-refractivity contribution in [2.75, 3.05) is 18.0 Å². The Kier molecular flexibility index (Phi) is 7.34. The van der Waals surface area contributed by atoms with E-state index in [9.17, 15) is 9.59 Å². The van der Waals surface area contributed by atoms with Crippen molar-refractivity contribution in [1.82, 2.24) is 0 Å². The van der Waals surface area contributed by atoms with Gasteiger partial charge in [-0.15, -0.1) is 11.8 Å². The molecule has 2 saturated carbocycles. The summed E-state index contributed by atoms with van der Waals surface area (Å²) in [6.45, 7) is 8.96. The molecule has 206 valence electrons. The molecule has 0 radical (unpaired) electrons. The van der Waals surface area contributed by atoms with Gasteiger partial charge in [0.2, 0.25) is 0 Å². The van der Waals surface area contributed by atoms with E-state index in [0.29, 0.717) is 54.5 Å². The third-order valence-electron chi connectivity index (χ3n) is 11.2. The molecule has 0 bridgehead atoms. The Bertz CT molecular complexity index is 1250. The molecule has 0 aromatic heterocycles. The third kappa shape index (κ3) is 4.73. The van der Waals surface area contributed by atoms with Crippen molar-refractivity contribution < 1.29 is 9.59 Å². The van der Waals surface area contributed by atoms with Gasteiger partial charge >= 0.3 is 0 Å². The van der Waals surface area contributed by atoms with Gasteiger partial charge in [-0.1, -0.05) is 31.6 Å². The topological polar surface area (TPSA) is 37.4 Å². The number of carbonyl (C=O) groups excluding carboxylic acids is 2. The molecule has 0 N–H and O–H groups in total. The Hall–Kier alpha value is -2.60. The molecule has 1 heterocycles. The fourth-order valence-corrected chi connectivity index (χ4v) is 9.33. The van der Waals surface area contributed by atoms with Crippen LogP contribution in [0.4, 0.5) is 5.69 Å². The number of carbonyl (C=O) groups is 2. The third-order valence-corrected chi connectivity index (χ3v) is 11.2. The van der Waals surface area contributed by atoms with E-state index in [1.807, 2.05) is 13.0 Å². The smallest absolute Gasteiger partial charge is 0.156 e. The van der Waals surface area contributed by atoms with Gasteiger partial charge in [-0.3, -0.25) is 9.59 Å². The Morgan fingerprint density at radius 1 is 1.08 bits per heavy atom. The Morgan fingerprint density at radius 2 is 1.85 bits per heavy atom. The average Bonchev–Trinajstić information content (AvgIpc) is 3.30. The number of fused-ring (bicyclic) bond motifs is 4. The van der Waals surface area contributed by atoms with Crippen LogP contribution in [-0.2, 0) is 9.59 Å². The van der Waals surface area contributed by atoms with E-state index in [4.69, 9.17) is 0 Å². The van der Waals surface area contributed by atoms with E-state index in [1.54, 1.807) is 5.57 Å². The van der Waals surface area contributed by atoms with Crippen LogP contribution in [0.15, 0.2) is 47.1 Å². The lowest BCUT2D eigenvalue weighted by Gasteiger charge is -2.53. The molecule has 4 aliphatic carbocycles. The van der Waals surface area contributed by atoms with Crippen LogP contribution in [-0.4, -0.2) is 24.7 Å². The second-order valence-corrected chi connectivity index (χ2v) is 13.3. The second-order valence-electron chi connectivity index (χ2n) is 13.3. The summed E-state index contributed by atoms with van der Waals surface area (Å²) in [6, 6.07) is 9.48. The van der Waals surface area contributed by atoms with Crippen LogP contribution in [0.1, 0.15) is 103 Å². The summed E-state index contributed by atoms with van der Waals surface area (Å²) in [7, 11) is 0. The zero-order valence-electron chi connectivity index (χ0n) is 24.2. The molecule has 6 rings (SSSR count). The molecule has 5 aliphatic rings. The first-order valence-electron chi connectivity index (χ1n) is 15.7. The molecule has 1 aromatic carbocycles. The normalized spacial score (nSPS) is 33.9. The van der Waals surface area contributed by atoms with Gasteiger partial charge in [0.1, 0.15) is 5.78 Å². The van der Waals surface area contributed by atoms with Crippen LogP contribution >= 0.6 is 0 Å². The molecule has 3 fully saturated rings. The van der Waals surface area contributed by atoms with Crippen LogP contribution in [0, 0.1) is 40.9 Å². The second kappa shape index (κ2) is 10.8. The first-order chi connectivity index (χ1) is 18.9. The molecule has 39 heavy (non-hydrogen) atoms. The number of allylic oxidation sites excluding steroid dienone is 4. The van der Waals surface area contributed by atoms with Gasteiger partial charge in [0.25, 0.3) is 0 Å². The fraction of sp³-hybridized carbons (Fsp3) is 0.611. The molecule has 1 aromatic rings. The van der Waals surface area contributed by atoms with E-state index in [1.165, 1.54) is 41.7 Å². The Balaban J connectivity index is 1.40. The van der Waals surface area contributed by atoms with Crippen LogP contribution in [0.2, 0.25) is 0 Å². The predicted octanol–water partition coefficient (Wildman–Crippen LogP) is 7.81. The lowest BCUT2D eigenvalue weighted by Crippen LogP contribution is -2.45. The minimum Gasteiger partial charge on any atom is -0.372 e. The van der Waals surface area contributed by atoms with Gasteiger partial charge in [0, 0.05) is 49.9 Å². The van der Waals surface area contributed by atoms with E-state index in [2.05, 4.69) is 54.9 Å². The molecular weight excluding hydrogens is 478 g/mol. The molecule has 3 nitrogen and oxygen atoms in total. The van der Waals surface area contributed by atoms with Crippen molar-refractivity contribution >= 4 is 17.3 Å². The standard InChI is InChI=1S/C36H45NO2/c1-4-5-7-10-34(39)33-18-17-32-30-21-24(2)29-22-27(38)15-16-28(29)35(30)31(23-36(32,33)3)25-11-13-26(14-12-25)37-19-8-6-9-20-37/h11-14,22,24,30-33H,6-10,15-21,23H2,1-3H3/t24?,30-,31+,32-,33+,36-/m0/s1. The van der Waals surface area contributed by atoms with Gasteiger partial charge < -0.3 is 4.90 Å². The predicted molar refractivity (Wildman–Crippen MR) is 158 cm³/mol. The number of rotatable bonds is 5. The van der Waals surface area contributed by atoms with E-state index >= 15 is 0 Å². The number of Topliss-reactive ketones (excluding diaryl/α,β-unsaturated/α-hetero) is 1. The zero-order chi connectivity index (χ0) is 27.1. The highest BCUT2D eigenvalue weighted by Gasteiger charge is 2.58. The summed E-state index contributed by atoms with van der Waals surface area (Å²) >= 11 is 0. The number of hydrogen-bond donors (Lipinski definition) is 0. The Morgan fingerprint density at radius 3 is 2.59 bits per heavy atom. The quantitative estimate of drug-likeness (QED) is 0.369. The maximum absolute atomic E-state index is 13.6. The van der Waals surface area contributed by atoms with Gasteiger partial charge in [-0.2, -0.15) is 0 Å². The number of piperidine rings is 1. The largest absolute Gasteiger partial charge is 0.372 e. The van der Waals surface area contributed by atoms with Crippen LogP contribution in [0.5, 0.6) is 0 Å². The maximum atomic E-state index is 13.6. The maximum Gasteiger partial charge on any atom is 0.156 e. The van der Waals surface area contributed by atoms with Crippen molar-refractivity contribution in [3.05, 3.63) is 52.6 Å². The number of nitrogens with zero attached hydrogens (tertiary/aromatic N) is 1. The monoisotopic (exact) mass is 523 g/mol. The zero-order valence-corrected chi connectivity index (χ0v) is 24.2. The summed E-state index contributed by atoms with van der Waals surface area (Å²) in [4.78, 5) is 28.6. The molecule has 0 spiro atoms. The van der Waals surface area contributed by atoms with Crippen molar-refractivity contribution in [2.45, 2.75) is 97.3 Å². The summed E-state index contributed by atoms with van der Waals surface area (Å²) in [6.07, 6.45) is 13.0.